The van der Waals surface area contributed by atoms with Gasteiger partial charge in [-0.1, -0.05) is 18.2 Å². The van der Waals surface area contributed by atoms with Gasteiger partial charge in [-0.15, -0.1) is 11.3 Å². The summed E-state index contributed by atoms with van der Waals surface area (Å²) in [7, 11) is -3.66. The van der Waals surface area contributed by atoms with Crippen molar-refractivity contribution < 1.29 is 13.2 Å². The van der Waals surface area contributed by atoms with E-state index < -0.39 is 10.0 Å². The summed E-state index contributed by atoms with van der Waals surface area (Å²) in [6.07, 6.45) is 1.56. The lowest BCUT2D eigenvalue weighted by Gasteiger charge is -2.19. The molecule has 3 rings (SSSR count). The first-order chi connectivity index (χ1) is 9.08. The molecule has 19 heavy (non-hydrogen) atoms. The Morgan fingerprint density at radius 3 is 2.63 bits per heavy atom. The van der Waals surface area contributed by atoms with Gasteiger partial charge in [-0.2, -0.15) is 0 Å². The van der Waals surface area contributed by atoms with Crippen LogP contribution in [-0.4, -0.2) is 14.2 Å². The van der Waals surface area contributed by atoms with E-state index >= 15 is 0 Å². The van der Waals surface area contributed by atoms with Crippen LogP contribution >= 0.6 is 11.3 Å². The van der Waals surface area contributed by atoms with E-state index in [4.69, 9.17) is 0 Å². The summed E-state index contributed by atoms with van der Waals surface area (Å²) in [6, 6.07) is 9.86. The molecule has 1 aromatic carbocycles. The molecule has 1 aliphatic heterocycles. The molecule has 0 fully saturated rings. The third kappa shape index (κ3) is 2.09. The van der Waals surface area contributed by atoms with Crippen molar-refractivity contribution in [2.75, 3.05) is 0 Å². The lowest BCUT2D eigenvalue weighted by atomic mass is 10.1. The molecule has 0 atom stereocenters. The fourth-order valence-electron chi connectivity index (χ4n) is 1.89. The van der Waals surface area contributed by atoms with Crippen LogP contribution in [-0.2, 0) is 10.0 Å². The second kappa shape index (κ2) is 4.32. The Labute approximate surface area is 114 Å². The van der Waals surface area contributed by atoms with Gasteiger partial charge in [0, 0.05) is 10.4 Å². The van der Waals surface area contributed by atoms with Crippen molar-refractivity contribution in [3.63, 3.8) is 0 Å². The lowest BCUT2D eigenvalue weighted by molar-refractivity contribution is 0.102. The van der Waals surface area contributed by atoms with Crippen LogP contribution in [0.2, 0.25) is 0 Å². The second-order valence-electron chi connectivity index (χ2n) is 4.00. The zero-order valence-electron chi connectivity index (χ0n) is 9.66. The number of rotatable bonds is 1. The van der Waals surface area contributed by atoms with Gasteiger partial charge in [-0.25, -0.2) is 8.42 Å². The van der Waals surface area contributed by atoms with E-state index in [1.54, 1.807) is 18.2 Å². The van der Waals surface area contributed by atoms with Gasteiger partial charge in [0.25, 0.3) is 10.0 Å². The zero-order chi connectivity index (χ0) is 13.5. The van der Waals surface area contributed by atoms with Crippen LogP contribution in [0.3, 0.4) is 0 Å². The number of Topliss-reactive ketones (excluding diaryl/α,β-unsaturated/α-hetero) is 1. The van der Waals surface area contributed by atoms with Crippen molar-refractivity contribution in [3.05, 3.63) is 57.9 Å². The highest BCUT2D eigenvalue weighted by Gasteiger charge is 2.31. The molecule has 0 amide bonds. The van der Waals surface area contributed by atoms with E-state index in [0.717, 1.165) is 4.88 Å². The number of carbonyl (C=O) groups is 1. The average Bonchev–Trinajstić information content (AvgIpc) is 2.88. The number of benzene rings is 1. The minimum atomic E-state index is -3.66. The molecule has 1 N–H and O–H groups in total. The average molecular weight is 291 g/mol. The van der Waals surface area contributed by atoms with Crippen LogP contribution in [0.1, 0.15) is 15.2 Å². The number of fused-ring (bicyclic) bond motifs is 1. The first kappa shape index (κ1) is 12.1. The van der Waals surface area contributed by atoms with Gasteiger partial charge in [-0.05, 0) is 29.7 Å². The first-order valence-corrected chi connectivity index (χ1v) is 7.86. The summed E-state index contributed by atoms with van der Waals surface area (Å²) in [5.41, 5.74) is 0.296. The summed E-state index contributed by atoms with van der Waals surface area (Å²) in [4.78, 5) is 13.1. The Morgan fingerprint density at radius 1 is 1.11 bits per heavy atom. The van der Waals surface area contributed by atoms with Crippen LogP contribution in [0.4, 0.5) is 0 Å². The normalized spacial score (nSPS) is 18.9. The Bertz CT molecular complexity index is 774. The molecule has 0 radical (unpaired) electrons. The van der Waals surface area contributed by atoms with Gasteiger partial charge >= 0.3 is 0 Å². The van der Waals surface area contributed by atoms with Crippen molar-refractivity contribution >= 4 is 33.2 Å². The maximum Gasteiger partial charge on any atom is 0.262 e. The summed E-state index contributed by atoms with van der Waals surface area (Å²) in [5, 5.41) is 1.86. The topological polar surface area (TPSA) is 63.2 Å². The molecule has 6 heteroatoms. The highest BCUT2D eigenvalue weighted by molar-refractivity contribution is 7.90. The van der Waals surface area contributed by atoms with E-state index in [9.17, 15) is 13.2 Å². The number of carbonyl (C=O) groups excluding carboxylic acids is 1. The molecule has 1 aliphatic rings. The smallest absolute Gasteiger partial charge is 0.262 e. The highest BCUT2D eigenvalue weighted by atomic mass is 32.2. The monoisotopic (exact) mass is 291 g/mol. The number of allylic oxidation sites excluding steroid dienone is 1. The van der Waals surface area contributed by atoms with Gasteiger partial charge in [-0.3, -0.25) is 9.52 Å². The number of ketones is 1. The Kier molecular flexibility index (Phi) is 2.76. The largest absolute Gasteiger partial charge is 0.287 e. The third-order valence-corrected chi connectivity index (χ3v) is 4.98. The van der Waals surface area contributed by atoms with E-state index in [1.165, 1.54) is 23.5 Å². The maximum absolute atomic E-state index is 12.2. The molecule has 0 bridgehead atoms. The molecular formula is C13H9NO3S2. The minimum Gasteiger partial charge on any atom is -0.287 e. The van der Waals surface area contributed by atoms with E-state index in [0.29, 0.717) is 0 Å². The van der Waals surface area contributed by atoms with Gasteiger partial charge in [0.1, 0.15) is 0 Å². The molecule has 0 unspecified atom stereocenters. The first-order valence-electron chi connectivity index (χ1n) is 5.50. The van der Waals surface area contributed by atoms with Crippen molar-refractivity contribution in [2.24, 2.45) is 0 Å². The molecule has 1 aromatic heterocycles. The number of thiophene rings is 1. The van der Waals surface area contributed by atoms with E-state index in [1.807, 2.05) is 17.5 Å². The molecule has 2 heterocycles. The number of hydrogen-bond donors (Lipinski definition) is 1. The summed E-state index contributed by atoms with van der Waals surface area (Å²) >= 11 is 1.44. The number of nitrogens with one attached hydrogen (secondary N) is 1. The third-order valence-electron chi connectivity index (χ3n) is 2.74. The molecule has 0 spiro atoms. The summed E-state index contributed by atoms with van der Waals surface area (Å²) in [5.74, 6) is -0.307. The molecule has 4 nitrogen and oxygen atoms in total. The van der Waals surface area contributed by atoms with Crippen LogP contribution in [0, 0.1) is 0 Å². The van der Waals surface area contributed by atoms with E-state index in [2.05, 4.69) is 4.72 Å². The second-order valence-corrected chi connectivity index (χ2v) is 6.63. The molecule has 2 aromatic rings. The van der Waals surface area contributed by atoms with Crippen LogP contribution < -0.4 is 4.72 Å². The Morgan fingerprint density at radius 2 is 1.89 bits per heavy atom. The molecule has 96 valence electrons. The zero-order valence-corrected chi connectivity index (χ0v) is 11.3. The predicted octanol–water partition coefficient (Wildman–Crippen LogP) is 2.26. The minimum absolute atomic E-state index is 0.0309. The standard InChI is InChI=1S/C13H9NO3S2/c15-13-10-5-1-2-6-12(10)19(16,17)14-11(13)8-9-4-3-7-18-9/h1-8,14H. The lowest BCUT2D eigenvalue weighted by Crippen LogP contribution is -2.34. The van der Waals surface area contributed by atoms with E-state index in [-0.39, 0.29) is 21.9 Å². The fourth-order valence-corrected chi connectivity index (χ4v) is 3.81. The van der Waals surface area contributed by atoms with Gasteiger partial charge < -0.3 is 0 Å². The van der Waals surface area contributed by atoms with Gasteiger partial charge in [0.2, 0.25) is 5.78 Å². The van der Waals surface area contributed by atoms with Crippen molar-refractivity contribution in [1.29, 1.82) is 0 Å². The van der Waals surface area contributed by atoms with Crippen molar-refractivity contribution in [1.82, 2.24) is 4.72 Å². The molecule has 0 saturated heterocycles. The van der Waals surface area contributed by atoms with Crippen LogP contribution in [0.5, 0.6) is 0 Å². The predicted molar refractivity (Wildman–Crippen MR) is 73.4 cm³/mol. The fraction of sp³-hybridized carbons (Fsp3) is 0. The highest BCUT2D eigenvalue weighted by Crippen LogP contribution is 2.25. The number of hydrogen-bond acceptors (Lipinski definition) is 4. The summed E-state index contributed by atoms with van der Waals surface area (Å²) < 4.78 is 26.4. The van der Waals surface area contributed by atoms with Gasteiger partial charge in [0.05, 0.1) is 10.6 Å². The Hall–Kier alpha value is -1.92. The SMILES string of the molecule is O=C1C(=Cc2cccs2)NS(=O)(=O)c2ccccc21. The van der Waals surface area contributed by atoms with Crippen molar-refractivity contribution in [3.8, 4) is 0 Å². The quantitative estimate of drug-likeness (QED) is 0.820. The van der Waals surface area contributed by atoms with Crippen LogP contribution in [0.25, 0.3) is 6.08 Å². The maximum atomic E-state index is 12.2. The molecule has 0 aliphatic carbocycles. The van der Waals surface area contributed by atoms with Crippen molar-refractivity contribution in [2.45, 2.75) is 4.90 Å². The molecule has 0 saturated carbocycles. The summed E-state index contributed by atoms with van der Waals surface area (Å²) in [6.45, 7) is 0. The number of sulfonamides is 1. The molecular weight excluding hydrogens is 282 g/mol. The van der Waals surface area contributed by atoms with Crippen LogP contribution in [0.15, 0.2) is 52.4 Å². The Balaban J connectivity index is 2.17. The van der Waals surface area contributed by atoms with Gasteiger partial charge in [0.15, 0.2) is 0 Å².